The number of methoxy groups -OCH3 is 1. The van der Waals surface area contributed by atoms with Crippen LogP contribution in [-0.2, 0) is 9.53 Å². The minimum Gasteiger partial charge on any atom is -0.469 e. The highest BCUT2D eigenvalue weighted by molar-refractivity contribution is 5.70. The Kier molecular flexibility index (Phi) is 3.96. The molecule has 0 aliphatic carbocycles. The Morgan fingerprint density at radius 3 is 2.75 bits per heavy atom. The number of nitrogens with zero attached hydrogens (tertiary/aromatic N) is 1. The van der Waals surface area contributed by atoms with Gasteiger partial charge in [-0.05, 0) is 6.07 Å². The number of ether oxygens (including phenoxy) is 1. The Morgan fingerprint density at radius 1 is 1.56 bits per heavy atom. The van der Waals surface area contributed by atoms with Crippen molar-refractivity contribution in [3.8, 4) is 0 Å². The first-order valence-electron chi connectivity index (χ1n) is 4.54. The molecule has 1 N–H and O–H groups in total. The van der Waals surface area contributed by atoms with Gasteiger partial charge in [-0.3, -0.25) is 14.9 Å². The third-order valence-electron chi connectivity index (χ3n) is 2.08. The summed E-state index contributed by atoms with van der Waals surface area (Å²) in [6.45, 7) is 0. The van der Waals surface area contributed by atoms with E-state index in [0.717, 1.165) is 0 Å². The van der Waals surface area contributed by atoms with Crippen LogP contribution in [0.1, 0.15) is 18.1 Å². The third-order valence-corrected chi connectivity index (χ3v) is 2.08. The molecule has 0 radical (unpaired) electrons. The Labute approximate surface area is 91.6 Å². The second-order valence-corrected chi connectivity index (χ2v) is 3.11. The van der Waals surface area contributed by atoms with E-state index < -0.39 is 17.0 Å². The lowest BCUT2D eigenvalue weighted by atomic mass is 10.0. The largest absolute Gasteiger partial charge is 0.469 e. The van der Waals surface area contributed by atoms with Crippen molar-refractivity contribution < 1.29 is 19.6 Å². The molecule has 0 aromatic heterocycles. The molecule has 1 aromatic rings. The summed E-state index contributed by atoms with van der Waals surface area (Å²) < 4.78 is 4.37. The highest BCUT2D eigenvalue weighted by Gasteiger charge is 2.21. The number of benzene rings is 1. The van der Waals surface area contributed by atoms with Crippen LogP contribution in [-0.4, -0.2) is 23.1 Å². The van der Waals surface area contributed by atoms with Gasteiger partial charge in [-0.2, -0.15) is 0 Å². The SMILES string of the molecule is COC(=O)C[C@H](O)c1ccccc1[N+](=O)[O-]. The summed E-state index contributed by atoms with van der Waals surface area (Å²) in [6, 6.07) is 5.73. The van der Waals surface area contributed by atoms with Gasteiger partial charge in [-0.15, -0.1) is 0 Å². The van der Waals surface area contributed by atoms with E-state index in [4.69, 9.17) is 0 Å². The maximum absolute atomic E-state index is 10.9. The Bertz CT molecular complexity index is 404. The van der Waals surface area contributed by atoms with Crippen molar-refractivity contribution in [2.24, 2.45) is 0 Å². The van der Waals surface area contributed by atoms with Gasteiger partial charge in [-0.1, -0.05) is 12.1 Å². The summed E-state index contributed by atoms with van der Waals surface area (Å²) in [7, 11) is 1.19. The van der Waals surface area contributed by atoms with Crippen molar-refractivity contribution >= 4 is 11.7 Å². The first-order chi connectivity index (χ1) is 7.56. The fourth-order valence-corrected chi connectivity index (χ4v) is 1.29. The van der Waals surface area contributed by atoms with Crippen molar-refractivity contribution in [2.45, 2.75) is 12.5 Å². The van der Waals surface area contributed by atoms with Gasteiger partial charge in [0.1, 0.15) is 0 Å². The van der Waals surface area contributed by atoms with Crippen LogP contribution in [0.5, 0.6) is 0 Å². The maximum Gasteiger partial charge on any atom is 0.308 e. The number of esters is 1. The molecule has 0 saturated carbocycles. The van der Waals surface area contributed by atoms with Crippen LogP contribution in [0, 0.1) is 10.1 Å². The summed E-state index contributed by atoms with van der Waals surface area (Å²) in [5.74, 6) is -0.620. The summed E-state index contributed by atoms with van der Waals surface area (Å²) >= 11 is 0. The molecule has 0 aliphatic rings. The molecule has 1 rings (SSSR count). The van der Waals surface area contributed by atoms with Gasteiger partial charge in [-0.25, -0.2) is 0 Å². The Balaban J connectivity index is 2.94. The predicted octanol–water partition coefficient (Wildman–Crippen LogP) is 1.19. The third kappa shape index (κ3) is 2.77. The van der Waals surface area contributed by atoms with E-state index >= 15 is 0 Å². The molecule has 0 unspecified atom stereocenters. The van der Waals surface area contributed by atoms with Crippen LogP contribution < -0.4 is 0 Å². The van der Waals surface area contributed by atoms with Gasteiger partial charge in [0.15, 0.2) is 0 Å². The minimum atomic E-state index is -1.23. The van der Waals surface area contributed by atoms with E-state index in [1.807, 2.05) is 0 Å². The molecule has 0 aliphatic heterocycles. The standard InChI is InChI=1S/C10H11NO5/c1-16-10(13)6-9(12)7-4-2-3-5-8(7)11(14)15/h2-5,9,12H,6H2,1H3/t9-/m0/s1. The average Bonchev–Trinajstić information content (AvgIpc) is 2.28. The van der Waals surface area contributed by atoms with Crippen LogP contribution in [0.3, 0.4) is 0 Å². The number of rotatable bonds is 4. The summed E-state index contributed by atoms with van der Waals surface area (Å²) in [5.41, 5.74) is -0.100. The number of para-hydroxylation sites is 1. The molecule has 0 saturated heterocycles. The smallest absolute Gasteiger partial charge is 0.308 e. The topological polar surface area (TPSA) is 89.7 Å². The second-order valence-electron chi connectivity index (χ2n) is 3.11. The van der Waals surface area contributed by atoms with E-state index in [9.17, 15) is 20.0 Å². The molecule has 0 heterocycles. The van der Waals surface area contributed by atoms with E-state index in [-0.39, 0.29) is 17.7 Å². The number of hydrogen-bond acceptors (Lipinski definition) is 5. The molecule has 0 bridgehead atoms. The van der Waals surface area contributed by atoms with Crippen LogP contribution in [0.2, 0.25) is 0 Å². The lowest BCUT2D eigenvalue weighted by Gasteiger charge is -2.09. The van der Waals surface area contributed by atoms with Crippen molar-refractivity contribution in [1.29, 1.82) is 0 Å². The minimum absolute atomic E-state index is 0.109. The molecule has 16 heavy (non-hydrogen) atoms. The van der Waals surface area contributed by atoms with Crippen molar-refractivity contribution in [3.05, 3.63) is 39.9 Å². The molecule has 0 amide bonds. The maximum atomic E-state index is 10.9. The van der Waals surface area contributed by atoms with Crippen LogP contribution in [0.15, 0.2) is 24.3 Å². The lowest BCUT2D eigenvalue weighted by Crippen LogP contribution is -2.09. The Hall–Kier alpha value is -1.95. The molecule has 0 spiro atoms. The summed E-state index contributed by atoms with van der Waals surface area (Å²) in [5, 5.41) is 20.3. The van der Waals surface area contributed by atoms with Crippen LogP contribution in [0.4, 0.5) is 5.69 Å². The number of hydrogen-bond donors (Lipinski definition) is 1. The zero-order valence-corrected chi connectivity index (χ0v) is 8.62. The van der Waals surface area contributed by atoms with Crippen LogP contribution in [0.25, 0.3) is 0 Å². The van der Waals surface area contributed by atoms with Gasteiger partial charge in [0.25, 0.3) is 5.69 Å². The first-order valence-corrected chi connectivity index (χ1v) is 4.54. The van der Waals surface area contributed by atoms with Gasteiger partial charge >= 0.3 is 5.97 Å². The van der Waals surface area contributed by atoms with Gasteiger partial charge in [0, 0.05) is 6.07 Å². The zero-order chi connectivity index (χ0) is 12.1. The Morgan fingerprint density at radius 2 is 2.19 bits per heavy atom. The van der Waals surface area contributed by atoms with Gasteiger partial charge in [0.2, 0.25) is 0 Å². The monoisotopic (exact) mass is 225 g/mol. The van der Waals surface area contributed by atoms with Crippen molar-refractivity contribution in [3.63, 3.8) is 0 Å². The average molecular weight is 225 g/mol. The number of nitro groups is 1. The predicted molar refractivity (Wildman–Crippen MR) is 54.7 cm³/mol. The molecular formula is C10H11NO5. The van der Waals surface area contributed by atoms with Gasteiger partial charge < -0.3 is 9.84 Å². The molecule has 86 valence electrons. The highest BCUT2D eigenvalue weighted by Crippen LogP contribution is 2.26. The fraction of sp³-hybridized carbons (Fsp3) is 0.300. The molecule has 6 nitrogen and oxygen atoms in total. The van der Waals surface area contributed by atoms with Crippen molar-refractivity contribution in [1.82, 2.24) is 0 Å². The van der Waals surface area contributed by atoms with E-state index in [1.165, 1.54) is 25.3 Å². The molecule has 6 heteroatoms. The number of aliphatic hydroxyl groups excluding tert-OH is 1. The fourth-order valence-electron chi connectivity index (χ4n) is 1.29. The number of nitro benzene ring substituents is 1. The normalized spacial score (nSPS) is 11.9. The first kappa shape index (κ1) is 12.1. The molecular weight excluding hydrogens is 214 g/mol. The lowest BCUT2D eigenvalue weighted by molar-refractivity contribution is -0.386. The number of aliphatic hydroxyl groups is 1. The number of carbonyl (C=O) groups is 1. The highest BCUT2D eigenvalue weighted by atomic mass is 16.6. The van der Waals surface area contributed by atoms with Crippen molar-refractivity contribution in [2.75, 3.05) is 7.11 Å². The zero-order valence-electron chi connectivity index (χ0n) is 8.62. The van der Waals surface area contributed by atoms with Crippen LogP contribution >= 0.6 is 0 Å². The van der Waals surface area contributed by atoms with E-state index in [1.54, 1.807) is 6.07 Å². The van der Waals surface area contributed by atoms with E-state index in [0.29, 0.717) is 0 Å². The quantitative estimate of drug-likeness (QED) is 0.472. The second kappa shape index (κ2) is 5.22. The number of carbonyl (C=O) groups excluding carboxylic acids is 1. The molecule has 1 aromatic carbocycles. The summed E-state index contributed by atoms with van der Waals surface area (Å²) in [4.78, 5) is 21.0. The molecule has 1 atom stereocenters. The van der Waals surface area contributed by atoms with E-state index in [2.05, 4.69) is 4.74 Å². The summed E-state index contributed by atoms with van der Waals surface area (Å²) in [6.07, 6.45) is -1.53. The molecule has 0 fully saturated rings. The van der Waals surface area contributed by atoms with Gasteiger partial charge in [0.05, 0.1) is 30.1 Å².